The minimum atomic E-state index is -0.484. The lowest BCUT2D eigenvalue weighted by Crippen LogP contribution is -2.22. The van der Waals surface area contributed by atoms with Crippen LogP contribution in [0.4, 0.5) is 4.39 Å². The Balaban J connectivity index is 2.66. The number of carbonyl (C=O) groups excluding carboxylic acids is 1. The molecule has 1 aromatic rings. The Morgan fingerprint density at radius 3 is 3.00 bits per heavy atom. The van der Waals surface area contributed by atoms with Crippen molar-refractivity contribution >= 4 is 5.78 Å². The molecule has 1 heterocycles. The Kier molecular flexibility index (Phi) is 3.52. The van der Waals surface area contributed by atoms with E-state index in [2.05, 4.69) is 10.3 Å². The molecular weight excluding hydrogens is 171 g/mol. The Labute approximate surface area is 76.0 Å². The maximum absolute atomic E-state index is 12.6. The van der Waals surface area contributed by atoms with Gasteiger partial charge in [-0.05, 0) is 12.6 Å². The van der Waals surface area contributed by atoms with Crippen LogP contribution in [0.2, 0.25) is 0 Å². The lowest BCUT2D eigenvalue weighted by atomic mass is 10.2. The van der Waals surface area contributed by atoms with Crippen LogP contribution in [-0.2, 0) is 0 Å². The molecular formula is C9H11FN2O. The lowest BCUT2D eigenvalue weighted by molar-refractivity contribution is 0.0991. The highest BCUT2D eigenvalue weighted by molar-refractivity contribution is 5.97. The number of nitrogens with one attached hydrogen (secondary N) is 1. The summed E-state index contributed by atoms with van der Waals surface area (Å²) >= 11 is 0. The molecule has 0 aromatic carbocycles. The molecule has 0 radical (unpaired) electrons. The minimum absolute atomic E-state index is 0.145. The third-order valence-corrected chi connectivity index (χ3v) is 1.56. The molecule has 0 unspecified atom stereocenters. The number of ketones is 1. The fraction of sp³-hybridized carbons (Fsp3) is 0.333. The van der Waals surface area contributed by atoms with Gasteiger partial charge >= 0.3 is 0 Å². The second-order valence-electron chi connectivity index (χ2n) is 2.60. The predicted molar refractivity (Wildman–Crippen MR) is 47.1 cm³/mol. The van der Waals surface area contributed by atoms with E-state index in [0.717, 1.165) is 6.20 Å². The Morgan fingerprint density at radius 1 is 1.62 bits per heavy atom. The maximum atomic E-state index is 12.6. The molecule has 0 saturated carbocycles. The van der Waals surface area contributed by atoms with E-state index < -0.39 is 5.82 Å². The third-order valence-electron chi connectivity index (χ3n) is 1.56. The normalized spacial score (nSPS) is 10.0. The summed E-state index contributed by atoms with van der Waals surface area (Å²) in [5.74, 6) is -0.629. The zero-order valence-electron chi connectivity index (χ0n) is 7.38. The number of pyridine rings is 1. The number of Topliss-reactive ketones (excluding diaryl/α,β-unsaturated/α-hetero) is 1. The van der Waals surface area contributed by atoms with Crippen molar-refractivity contribution < 1.29 is 9.18 Å². The molecule has 0 amide bonds. The summed E-state index contributed by atoms with van der Waals surface area (Å²) in [6.45, 7) is 2.84. The average molecular weight is 182 g/mol. The van der Waals surface area contributed by atoms with E-state index in [1.54, 1.807) is 0 Å². The molecule has 0 atom stereocenters. The first-order valence-corrected chi connectivity index (χ1v) is 4.08. The van der Waals surface area contributed by atoms with Gasteiger partial charge in [0.05, 0.1) is 12.7 Å². The molecule has 0 spiro atoms. The average Bonchev–Trinajstić information content (AvgIpc) is 2.14. The largest absolute Gasteiger partial charge is 0.310 e. The molecule has 0 aliphatic heterocycles. The van der Waals surface area contributed by atoms with Crippen molar-refractivity contribution in [1.82, 2.24) is 10.3 Å². The smallest absolute Gasteiger partial charge is 0.178 e. The van der Waals surface area contributed by atoms with Crippen molar-refractivity contribution in [3.05, 3.63) is 29.8 Å². The first kappa shape index (κ1) is 9.80. The summed E-state index contributed by atoms with van der Waals surface area (Å²) in [7, 11) is 0. The van der Waals surface area contributed by atoms with Crippen molar-refractivity contribution in [1.29, 1.82) is 0 Å². The van der Waals surface area contributed by atoms with E-state index in [1.807, 2.05) is 6.92 Å². The monoisotopic (exact) mass is 182 g/mol. The summed E-state index contributed by atoms with van der Waals surface area (Å²) in [5.41, 5.74) is 0.306. The maximum Gasteiger partial charge on any atom is 0.178 e. The van der Waals surface area contributed by atoms with Crippen molar-refractivity contribution in [3.63, 3.8) is 0 Å². The molecule has 1 rings (SSSR count). The van der Waals surface area contributed by atoms with Gasteiger partial charge in [0.25, 0.3) is 0 Å². The highest BCUT2D eigenvalue weighted by Gasteiger charge is 2.05. The number of rotatable bonds is 4. The summed E-state index contributed by atoms with van der Waals surface area (Å²) in [6.07, 6.45) is 2.44. The lowest BCUT2D eigenvalue weighted by Gasteiger charge is -2.00. The number of hydrogen-bond acceptors (Lipinski definition) is 3. The molecule has 0 aliphatic rings. The van der Waals surface area contributed by atoms with Gasteiger partial charge in [-0.3, -0.25) is 9.78 Å². The molecule has 3 nitrogen and oxygen atoms in total. The number of carbonyl (C=O) groups is 1. The van der Waals surface area contributed by atoms with Gasteiger partial charge in [0, 0.05) is 11.8 Å². The van der Waals surface area contributed by atoms with E-state index in [-0.39, 0.29) is 12.3 Å². The second-order valence-corrected chi connectivity index (χ2v) is 2.60. The van der Waals surface area contributed by atoms with Gasteiger partial charge in [-0.2, -0.15) is 0 Å². The summed E-state index contributed by atoms with van der Waals surface area (Å²) in [5, 5.41) is 2.87. The Bertz CT molecular complexity index is 301. The SMILES string of the molecule is CCNCC(=O)c1cncc(F)c1. The van der Waals surface area contributed by atoms with Gasteiger partial charge in [-0.15, -0.1) is 0 Å². The summed E-state index contributed by atoms with van der Waals surface area (Å²) in [6, 6.07) is 1.19. The molecule has 0 saturated heterocycles. The van der Waals surface area contributed by atoms with E-state index in [4.69, 9.17) is 0 Å². The van der Waals surface area contributed by atoms with Crippen LogP contribution < -0.4 is 5.32 Å². The molecule has 1 aromatic heterocycles. The number of hydrogen-bond donors (Lipinski definition) is 1. The third kappa shape index (κ3) is 2.91. The first-order valence-electron chi connectivity index (χ1n) is 4.08. The molecule has 4 heteroatoms. The highest BCUT2D eigenvalue weighted by Crippen LogP contribution is 2.00. The second kappa shape index (κ2) is 4.67. The Morgan fingerprint density at radius 2 is 2.38 bits per heavy atom. The standard InChI is InChI=1S/C9H11FN2O/c1-2-11-6-9(13)7-3-8(10)5-12-4-7/h3-5,11H,2,6H2,1H3. The number of halogens is 1. The number of aromatic nitrogens is 1. The molecule has 13 heavy (non-hydrogen) atoms. The van der Waals surface area contributed by atoms with Crippen molar-refractivity contribution in [3.8, 4) is 0 Å². The molecule has 1 N–H and O–H groups in total. The Hall–Kier alpha value is -1.29. The van der Waals surface area contributed by atoms with E-state index in [9.17, 15) is 9.18 Å². The van der Waals surface area contributed by atoms with Crippen molar-refractivity contribution in [2.24, 2.45) is 0 Å². The van der Waals surface area contributed by atoms with Crippen LogP contribution in [0.5, 0.6) is 0 Å². The summed E-state index contributed by atoms with van der Waals surface area (Å²) < 4.78 is 12.6. The van der Waals surface area contributed by atoms with E-state index >= 15 is 0 Å². The van der Waals surface area contributed by atoms with Gasteiger partial charge in [-0.1, -0.05) is 6.92 Å². The van der Waals surface area contributed by atoms with Crippen molar-refractivity contribution in [2.45, 2.75) is 6.92 Å². The quantitative estimate of drug-likeness (QED) is 0.707. The topological polar surface area (TPSA) is 42.0 Å². The van der Waals surface area contributed by atoms with Crippen LogP contribution in [-0.4, -0.2) is 23.9 Å². The number of likely N-dealkylation sites (N-methyl/N-ethyl adjacent to an activating group) is 1. The van der Waals surface area contributed by atoms with E-state index in [1.165, 1.54) is 12.3 Å². The van der Waals surface area contributed by atoms with Crippen LogP contribution in [0.3, 0.4) is 0 Å². The minimum Gasteiger partial charge on any atom is -0.310 e. The first-order chi connectivity index (χ1) is 6.24. The zero-order chi connectivity index (χ0) is 9.68. The van der Waals surface area contributed by atoms with Crippen LogP contribution in [0.25, 0.3) is 0 Å². The predicted octanol–water partition coefficient (Wildman–Crippen LogP) is 1.01. The van der Waals surface area contributed by atoms with Crippen LogP contribution in [0, 0.1) is 5.82 Å². The van der Waals surface area contributed by atoms with Gasteiger partial charge in [0.15, 0.2) is 5.78 Å². The molecule has 0 bridgehead atoms. The number of nitrogens with zero attached hydrogens (tertiary/aromatic N) is 1. The van der Waals surface area contributed by atoms with Gasteiger partial charge in [0.1, 0.15) is 5.82 Å². The molecule has 0 aliphatic carbocycles. The van der Waals surface area contributed by atoms with Crippen LogP contribution in [0.1, 0.15) is 17.3 Å². The zero-order valence-corrected chi connectivity index (χ0v) is 7.38. The van der Waals surface area contributed by atoms with Gasteiger partial charge < -0.3 is 5.32 Å². The fourth-order valence-corrected chi connectivity index (χ4v) is 0.905. The van der Waals surface area contributed by atoms with E-state index in [0.29, 0.717) is 12.1 Å². The van der Waals surface area contributed by atoms with Gasteiger partial charge in [0.2, 0.25) is 0 Å². The summed E-state index contributed by atoms with van der Waals surface area (Å²) in [4.78, 5) is 14.9. The van der Waals surface area contributed by atoms with Gasteiger partial charge in [-0.25, -0.2) is 4.39 Å². The van der Waals surface area contributed by atoms with Crippen molar-refractivity contribution in [2.75, 3.05) is 13.1 Å². The molecule has 0 fully saturated rings. The van der Waals surface area contributed by atoms with Crippen LogP contribution >= 0.6 is 0 Å². The van der Waals surface area contributed by atoms with Crippen LogP contribution in [0.15, 0.2) is 18.5 Å². The fourth-order valence-electron chi connectivity index (χ4n) is 0.905. The molecule has 70 valence electrons. The highest BCUT2D eigenvalue weighted by atomic mass is 19.1.